The van der Waals surface area contributed by atoms with Gasteiger partial charge in [0, 0.05) is 72.1 Å². The zero-order valence-electron chi connectivity index (χ0n) is 20.1. The molecule has 5 aromatic rings. The third-order valence-electron chi connectivity index (χ3n) is 6.71. The molecule has 1 aliphatic rings. The largest absolute Gasteiger partial charge is 0.350 e. The molecule has 37 heavy (non-hydrogen) atoms. The Labute approximate surface area is 210 Å². The number of halogens is 2. The van der Waals surface area contributed by atoms with Crippen LogP contribution >= 0.6 is 0 Å². The molecule has 5 aromatic heterocycles. The van der Waals surface area contributed by atoms with Crippen molar-refractivity contribution in [1.29, 1.82) is 0 Å². The van der Waals surface area contributed by atoms with Gasteiger partial charge in [-0.3, -0.25) is 9.78 Å². The Balaban J connectivity index is 1.34. The van der Waals surface area contributed by atoms with Crippen molar-refractivity contribution in [1.82, 2.24) is 34.3 Å². The monoisotopic (exact) mass is 500 g/mol. The Morgan fingerprint density at radius 3 is 2.68 bits per heavy atom. The average Bonchev–Trinajstić information content (AvgIpc) is 3.41. The van der Waals surface area contributed by atoms with Crippen molar-refractivity contribution in [2.45, 2.75) is 33.2 Å². The molecule has 0 radical (unpaired) electrons. The van der Waals surface area contributed by atoms with Gasteiger partial charge in [0.2, 0.25) is 0 Å². The Morgan fingerprint density at radius 2 is 1.89 bits per heavy atom. The number of pyridine rings is 2. The van der Waals surface area contributed by atoms with Gasteiger partial charge >= 0.3 is 0 Å². The lowest BCUT2D eigenvalue weighted by atomic mass is 10.0. The second kappa shape index (κ2) is 8.84. The van der Waals surface area contributed by atoms with Crippen LogP contribution in [0.1, 0.15) is 34.5 Å². The summed E-state index contributed by atoms with van der Waals surface area (Å²) in [6, 6.07) is 8.59. The molecule has 0 spiro atoms. The van der Waals surface area contributed by atoms with E-state index in [-0.39, 0.29) is 5.65 Å². The van der Waals surface area contributed by atoms with Crippen LogP contribution in [-0.2, 0) is 13.0 Å². The van der Waals surface area contributed by atoms with Crippen LogP contribution in [0.5, 0.6) is 0 Å². The van der Waals surface area contributed by atoms with Crippen LogP contribution in [0.3, 0.4) is 0 Å². The molecule has 0 bridgehead atoms. The second-order valence-electron chi connectivity index (χ2n) is 8.99. The van der Waals surface area contributed by atoms with E-state index in [0.717, 1.165) is 44.3 Å². The van der Waals surface area contributed by atoms with Crippen molar-refractivity contribution in [3.8, 4) is 16.9 Å². The zero-order valence-corrected chi connectivity index (χ0v) is 20.1. The Bertz CT molecular complexity index is 1700. The Kier molecular flexibility index (Phi) is 5.47. The van der Waals surface area contributed by atoms with Gasteiger partial charge in [0.1, 0.15) is 5.69 Å². The summed E-state index contributed by atoms with van der Waals surface area (Å²) in [5, 5.41) is 8.97. The molecule has 9 nitrogen and oxygen atoms in total. The highest BCUT2D eigenvalue weighted by molar-refractivity contribution is 5.64. The molecule has 6 rings (SSSR count). The van der Waals surface area contributed by atoms with E-state index in [0.29, 0.717) is 30.9 Å². The van der Waals surface area contributed by atoms with E-state index in [4.69, 9.17) is 4.98 Å². The molecule has 0 amide bonds. The fourth-order valence-electron chi connectivity index (χ4n) is 4.60. The van der Waals surface area contributed by atoms with Gasteiger partial charge in [-0.1, -0.05) is 6.07 Å². The minimum Gasteiger partial charge on any atom is -0.350 e. The topological polar surface area (TPSA) is 94.1 Å². The molecule has 0 saturated heterocycles. The lowest BCUT2D eigenvalue weighted by Gasteiger charge is -2.31. The number of hydrogen-bond donors (Lipinski definition) is 0. The smallest absolute Gasteiger partial charge is 0.280 e. The van der Waals surface area contributed by atoms with Crippen molar-refractivity contribution < 1.29 is 8.78 Å². The van der Waals surface area contributed by atoms with Gasteiger partial charge in [0.05, 0.1) is 6.20 Å². The van der Waals surface area contributed by atoms with Gasteiger partial charge < -0.3 is 4.90 Å². The zero-order chi connectivity index (χ0) is 25.7. The van der Waals surface area contributed by atoms with Crippen LogP contribution in [0.2, 0.25) is 0 Å². The van der Waals surface area contributed by atoms with Crippen LogP contribution < -0.4 is 10.5 Å². The number of fused-ring (bicyclic) bond motifs is 2. The fraction of sp³-hybridized carbons (Fsp3) is 0.231. The highest BCUT2D eigenvalue weighted by Crippen LogP contribution is 2.30. The van der Waals surface area contributed by atoms with Crippen LogP contribution in [-0.4, -0.2) is 40.9 Å². The quantitative estimate of drug-likeness (QED) is 0.370. The molecule has 6 heterocycles. The maximum absolute atomic E-state index is 13.2. The van der Waals surface area contributed by atoms with E-state index in [1.54, 1.807) is 24.0 Å². The summed E-state index contributed by atoms with van der Waals surface area (Å²) in [4.78, 5) is 27.7. The molecule has 0 atom stereocenters. The summed E-state index contributed by atoms with van der Waals surface area (Å²) in [5.41, 5.74) is 4.32. The highest BCUT2D eigenvalue weighted by atomic mass is 19.3. The molecule has 11 heteroatoms. The molecular weight excluding hydrogens is 478 g/mol. The summed E-state index contributed by atoms with van der Waals surface area (Å²) >= 11 is 0. The molecule has 1 aliphatic heterocycles. The van der Waals surface area contributed by atoms with Gasteiger partial charge in [0.25, 0.3) is 12.0 Å². The SMILES string of the molecule is Cc1c(N2CCc3ncc(-c4cnn(-c5ccccn5)c4)cc3C2)nn2c(=O)cc(C(F)F)nc2c1C. The summed E-state index contributed by atoms with van der Waals surface area (Å²) in [7, 11) is 0. The van der Waals surface area contributed by atoms with Crippen LogP contribution in [0.15, 0.2) is 59.9 Å². The molecule has 0 N–H and O–H groups in total. The van der Waals surface area contributed by atoms with E-state index < -0.39 is 17.7 Å². The predicted octanol–water partition coefficient (Wildman–Crippen LogP) is 3.85. The number of aryl methyl sites for hydroxylation is 1. The maximum atomic E-state index is 13.2. The molecule has 0 unspecified atom stereocenters. The summed E-state index contributed by atoms with van der Waals surface area (Å²) in [6.07, 6.45) is 5.15. The number of alkyl halides is 2. The summed E-state index contributed by atoms with van der Waals surface area (Å²) < 4.78 is 29.2. The number of rotatable bonds is 4. The first kappa shape index (κ1) is 22.9. The summed E-state index contributed by atoms with van der Waals surface area (Å²) in [5.74, 6) is 1.35. The summed E-state index contributed by atoms with van der Waals surface area (Å²) in [6.45, 7) is 4.84. The van der Waals surface area contributed by atoms with Crippen LogP contribution in [0, 0.1) is 13.8 Å². The number of anilines is 1. The maximum Gasteiger partial charge on any atom is 0.280 e. The first-order valence-electron chi connectivity index (χ1n) is 11.8. The fourth-order valence-corrected chi connectivity index (χ4v) is 4.60. The third kappa shape index (κ3) is 4.02. The molecule has 0 saturated carbocycles. The predicted molar refractivity (Wildman–Crippen MR) is 133 cm³/mol. The van der Waals surface area contributed by atoms with Gasteiger partial charge in [-0.15, -0.1) is 5.10 Å². The van der Waals surface area contributed by atoms with E-state index in [1.165, 1.54) is 0 Å². The van der Waals surface area contributed by atoms with Crippen LogP contribution in [0.4, 0.5) is 14.6 Å². The first-order valence-corrected chi connectivity index (χ1v) is 11.8. The number of hydrogen-bond acceptors (Lipinski definition) is 7. The average molecular weight is 501 g/mol. The normalized spacial score (nSPS) is 13.4. The second-order valence-corrected chi connectivity index (χ2v) is 8.99. The molecular formula is C26H22F2N8O. The van der Waals surface area contributed by atoms with Crippen molar-refractivity contribution in [2.24, 2.45) is 0 Å². The van der Waals surface area contributed by atoms with Crippen LogP contribution in [0.25, 0.3) is 22.6 Å². The highest BCUT2D eigenvalue weighted by Gasteiger charge is 2.24. The Morgan fingerprint density at radius 1 is 1.03 bits per heavy atom. The van der Waals surface area contributed by atoms with Gasteiger partial charge in [-0.05, 0) is 37.6 Å². The van der Waals surface area contributed by atoms with E-state index in [9.17, 15) is 13.6 Å². The molecule has 0 aromatic carbocycles. The molecule has 0 aliphatic carbocycles. The third-order valence-corrected chi connectivity index (χ3v) is 6.71. The number of nitrogens with zero attached hydrogens (tertiary/aromatic N) is 8. The molecule has 186 valence electrons. The van der Waals surface area contributed by atoms with Crippen molar-refractivity contribution in [3.05, 3.63) is 93.6 Å². The Hall–Kier alpha value is -4.54. The van der Waals surface area contributed by atoms with E-state index >= 15 is 0 Å². The number of aromatic nitrogens is 7. The van der Waals surface area contributed by atoms with Gasteiger partial charge in [0.15, 0.2) is 17.3 Å². The van der Waals surface area contributed by atoms with Crippen molar-refractivity contribution in [2.75, 3.05) is 11.4 Å². The van der Waals surface area contributed by atoms with Crippen molar-refractivity contribution in [3.63, 3.8) is 0 Å². The van der Waals surface area contributed by atoms with Gasteiger partial charge in [-0.2, -0.15) is 9.61 Å². The molecule has 0 fully saturated rings. The van der Waals surface area contributed by atoms with E-state index in [2.05, 4.69) is 31.1 Å². The minimum atomic E-state index is -2.83. The lowest BCUT2D eigenvalue weighted by Crippen LogP contribution is -2.34. The van der Waals surface area contributed by atoms with Gasteiger partial charge in [-0.25, -0.2) is 23.4 Å². The lowest BCUT2D eigenvalue weighted by molar-refractivity contribution is 0.146. The minimum absolute atomic E-state index is 0.148. The van der Waals surface area contributed by atoms with E-state index in [1.807, 2.05) is 37.5 Å². The standard InChI is InChI=1S/C26H22F2N8O/c1-15-16(2)26(33-36-23(37)10-21(24(27)28)32-25(15)36)34-8-6-20-18(13-34)9-17(11-30-20)19-12-31-35(14-19)22-5-3-4-7-29-22/h3-5,7,9-12,14,24H,6,8,13H2,1-2H3. The first-order chi connectivity index (χ1) is 17.9. The van der Waals surface area contributed by atoms with Crippen molar-refractivity contribution >= 4 is 11.5 Å².